The quantitative estimate of drug-likeness (QED) is 0.827. The first-order valence-electron chi connectivity index (χ1n) is 7.00. The summed E-state index contributed by atoms with van der Waals surface area (Å²) < 4.78 is 6.07. The lowest BCUT2D eigenvalue weighted by molar-refractivity contribution is 0.125. The first-order chi connectivity index (χ1) is 10.6. The zero-order valence-electron chi connectivity index (χ0n) is 12.0. The monoisotopic (exact) mass is 363 g/mol. The number of halogens is 1. The Morgan fingerprint density at radius 1 is 1.09 bits per heavy atom. The van der Waals surface area contributed by atoms with E-state index in [2.05, 4.69) is 21.2 Å². The highest BCUT2D eigenvalue weighted by Gasteiger charge is 2.09. The minimum atomic E-state index is -0.648. The van der Waals surface area contributed by atoms with Crippen molar-refractivity contribution in [3.05, 3.63) is 70.2 Å². The number of amides is 1. The minimum absolute atomic E-state index is 0.156. The number of carbonyl (C=O) groups excluding carboxylic acids is 1. The van der Waals surface area contributed by atoms with E-state index in [0.29, 0.717) is 6.42 Å². The first-order valence-corrected chi connectivity index (χ1v) is 7.80. The van der Waals surface area contributed by atoms with E-state index in [1.807, 2.05) is 54.6 Å². The average Bonchev–Trinajstić information content (AvgIpc) is 2.54. The Labute approximate surface area is 138 Å². The Morgan fingerprint density at radius 3 is 2.45 bits per heavy atom. The van der Waals surface area contributed by atoms with Gasteiger partial charge in [-0.1, -0.05) is 58.4 Å². The van der Waals surface area contributed by atoms with Crippen LogP contribution in [0.4, 0.5) is 4.79 Å². The number of aliphatic hydroxyl groups is 1. The number of benzene rings is 2. The van der Waals surface area contributed by atoms with Gasteiger partial charge in [0.2, 0.25) is 0 Å². The fourth-order valence-electron chi connectivity index (χ4n) is 1.94. The summed E-state index contributed by atoms with van der Waals surface area (Å²) in [7, 11) is 0. The molecule has 0 bridgehead atoms. The summed E-state index contributed by atoms with van der Waals surface area (Å²) in [6.45, 7) is 0.374. The second kappa shape index (κ2) is 8.56. The number of hydrogen-bond acceptors (Lipinski definition) is 3. The summed E-state index contributed by atoms with van der Waals surface area (Å²) >= 11 is 3.36. The van der Waals surface area contributed by atoms with Gasteiger partial charge in [-0.3, -0.25) is 0 Å². The Kier molecular flexibility index (Phi) is 6.43. The van der Waals surface area contributed by atoms with Crippen LogP contribution >= 0.6 is 15.9 Å². The van der Waals surface area contributed by atoms with Crippen LogP contribution in [0.5, 0.6) is 0 Å². The van der Waals surface area contributed by atoms with Crippen LogP contribution in [0.2, 0.25) is 0 Å². The highest BCUT2D eigenvalue weighted by atomic mass is 79.9. The largest absolute Gasteiger partial charge is 0.445 e. The highest BCUT2D eigenvalue weighted by Crippen LogP contribution is 2.11. The van der Waals surface area contributed by atoms with Gasteiger partial charge in [0.1, 0.15) is 6.61 Å². The average molecular weight is 364 g/mol. The fourth-order valence-corrected chi connectivity index (χ4v) is 2.20. The number of carbonyl (C=O) groups is 1. The molecule has 116 valence electrons. The molecule has 0 fully saturated rings. The van der Waals surface area contributed by atoms with Gasteiger partial charge in [0.25, 0.3) is 0 Å². The van der Waals surface area contributed by atoms with E-state index in [9.17, 15) is 9.90 Å². The Morgan fingerprint density at radius 2 is 1.77 bits per heavy atom. The minimum Gasteiger partial charge on any atom is -0.445 e. The maximum Gasteiger partial charge on any atom is 0.407 e. The lowest BCUT2D eigenvalue weighted by Crippen LogP contribution is -2.33. The summed E-state index contributed by atoms with van der Waals surface area (Å²) in [5.41, 5.74) is 1.93. The number of ether oxygens (including phenoxy) is 1. The molecule has 2 rings (SSSR count). The summed E-state index contributed by atoms with van der Waals surface area (Å²) in [4.78, 5) is 11.6. The van der Waals surface area contributed by atoms with E-state index in [4.69, 9.17) is 4.74 Å². The van der Waals surface area contributed by atoms with Gasteiger partial charge in [-0.15, -0.1) is 0 Å². The van der Waals surface area contributed by atoms with Gasteiger partial charge < -0.3 is 15.2 Å². The molecule has 22 heavy (non-hydrogen) atoms. The molecular formula is C17H18BrNO3. The van der Waals surface area contributed by atoms with Gasteiger partial charge in [-0.25, -0.2) is 4.79 Å². The molecule has 1 amide bonds. The standard InChI is InChI=1S/C17H18BrNO3/c18-15-8-6-13(7-9-15)10-16(20)11-19-17(21)22-12-14-4-2-1-3-5-14/h1-9,16,20H,10-12H2,(H,19,21). The van der Waals surface area contributed by atoms with Gasteiger partial charge >= 0.3 is 6.09 Å². The Balaban J connectivity index is 1.68. The van der Waals surface area contributed by atoms with E-state index >= 15 is 0 Å². The van der Waals surface area contributed by atoms with Crippen molar-refractivity contribution in [2.75, 3.05) is 6.54 Å². The Bertz CT molecular complexity index is 587. The van der Waals surface area contributed by atoms with Gasteiger partial charge in [0.15, 0.2) is 0 Å². The third kappa shape index (κ3) is 5.87. The van der Waals surface area contributed by atoms with E-state index < -0.39 is 12.2 Å². The van der Waals surface area contributed by atoms with E-state index in [1.54, 1.807) is 0 Å². The van der Waals surface area contributed by atoms with Gasteiger partial charge in [0, 0.05) is 17.4 Å². The smallest absolute Gasteiger partial charge is 0.407 e. The van der Waals surface area contributed by atoms with Crippen molar-refractivity contribution in [2.24, 2.45) is 0 Å². The third-order valence-corrected chi connectivity index (χ3v) is 3.61. The molecule has 0 aliphatic carbocycles. The molecule has 0 radical (unpaired) electrons. The molecule has 0 aliphatic rings. The zero-order chi connectivity index (χ0) is 15.8. The van der Waals surface area contributed by atoms with Crippen molar-refractivity contribution in [1.82, 2.24) is 5.32 Å². The number of nitrogens with one attached hydrogen (secondary N) is 1. The molecule has 2 aromatic rings. The SMILES string of the molecule is O=C(NCC(O)Cc1ccc(Br)cc1)OCc1ccccc1. The van der Waals surface area contributed by atoms with Crippen molar-refractivity contribution in [2.45, 2.75) is 19.1 Å². The van der Waals surface area contributed by atoms with Crippen LogP contribution in [0.1, 0.15) is 11.1 Å². The van der Waals surface area contributed by atoms with Crippen LogP contribution in [-0.2, 0) is 17.8 Å². The Hall–Kier alpha value is -1.85. The first kappa shape index (κ1) is 16.5. The summed E-state index contributed by atoms with van der Waals surface area (Å²) in [5.74, 6) is 0. The molecular weight excluding hydrogens is 346 g/mol. The topological polar surface area (TPSA) is 58.6 Å². The molecule has 4 nitrogen and oxygen atoms in total. The molecule has 2 aromatic carbocycles. The van der Waals surface area contributed by atoms with Crippen molar-refractivity contribution >= 4 is 22.0 Å². The molecule has 0 heterocycles. The van der Waals surface area contributed by atoms with Crippen LogP contribution in [0.3, 0.4) is 0 Å². The van der Waals surface area contributed by atoms with Crippen molar-refractivity contribution in [3.63, 3.8) is 0 Å². The van der Waals surface area contributed by atoms with Crippen LogP contribution < -0.4 is 5.32 Å². The number of hydrogen-bond donors (Lipinski definition) is 2. The number of rotatable bonds is 6. The van der Waals surface area contributed by atoms with Crippen LogP contribution in [0.15, 0.2) is 59.1 Å². The maximum atomic E-state index is 11.6. The molecule has 1 unspecified atom stereocenters. The molecule has 5 heteroatoms. The van der Waals surface area contributed by atoms with Crippen LogP contribution in [-0.4, -0.2) is 23.8 Å². The second-order valence-electron chi connectivity index (χ2n) is 4.93. The van der Waals surface area contributed by atoms with E-state index in [0.717, 1.165) is 15.6 Å². The zero-order valence-corrected chi connectivity index (χ0v) is 13.6. The van der Waals surface area contributed by atoms with Crippen molar-refractivity contribution < 1.29 is 14.6 Å². The van der Waals surface area contributed by atoms with Crippen LogP contribution in [0, 0.1) is 0 Å². The van der Waals surface area contributed by atoms with E-state index in [-0.39, 0.29) is 13.2 Å². The summed E-state index contributed by atoms with van der Waals surface area (Å²) in [5, 5.41) is 12.5. The van der Waals surface area contributed by atoms with Gasteiger partial charge in [0.05, 0.1) is 6.10 Å². The number of aliphatic hydroxyl groups excluding tert-OH is 1. The molecule has 0 aromatic heterocycles. The van der Waals surface area contributed by atoms with Gasteiger partial charge in [-0.2, -0.15) is 0 Å². The molecule has 0 aliphatic heterocycles. The maximum absolute atomic E-state index is 11.6. The number of alkyl carbamates (subject to hydrolysis) is 1. The van der Waals surface area contributed by atoms with Crippen molar-refractivity contribution in [1.29, 1.82) is 0 Å². The van der Waals surface area contributed by atoms with E-state index in [1.165, 1.54) is 0 Å². The molecule has 0 saturated heterocycles. The summed E-state index contributed by atoms with van der Waals surface area (Å²) in [6.07, 6.45) is -0.698. The van der Waals surface area contributed by atoms with Gasteiger partial charge in [-0.05, 0) is 23.3 Å². The molecule has 2 N–H and O–H groups in total. The third-order valence-electron chi connectivity index (χ3n) is 3.08. The molecule has 0 spiro atoms. The lowest BCUT2D eigenvalue weighted by Gasteiger charge is -2.12. The van der Waals surface area contributed by atoms with Crippen molar-refractivity contribution in [3.8, 4) is 0 Å². The van der Waals surface area contributed by atoms with Crippen LogP contribution in [0.25, 0.3) is 0 Å². The highest BCUT2D eigenvalue weighted by molar-refractivity contribution is 9.10. The molecule has 0 saturated carbocycles. The predicted octanol–water partition coefficient (Wildman–Crippen LogP) is 3.28. The predicted molar refractivity (Wildman–Crippen MR) is 88.5 cm³/mol. The lowest BCUT2D eigenvalue weighted by atomic mass is 10.1. The summed E-state index contributed by atoms with van der Waals surface area (Å²) in [6, 6.07) is 17.2. The normalized spacial score (nSPS) is 11.7. The second-order valence-corrected chi connectivity index (χ2v) is 5.84. The molecule has 1 atom stereocenters. The fraction of sp³-hybridized carbons (Fsp3) is 0.235.